The molecule has 2 aliphatic rings. The maximum absolute atomic E-state index is 10.3. The van der Waals surface area contributed by atoms with Gasteiger partial charge in [-0.2, -0.15) is 0 Å². The number of nitrogens with two attached hydrogens (primary N) is 1. The average Bonchev–Trinajstić information content (AvgIpc) is 2.51. The highest BCUT2D eigenvalue weighted by molar-refractivity contribution is 5.16. The van der Waals surface area contributed by atoms with E-state index in [9.17, 15) is 5.11 Å². The zero-order chi connectivity index (χ0) is 14.1. The molecule has 0 saturated carbocycles. The van der Waals surface area contributed by atoms with E-state index < -0.39 is 30.8 Å². The molecule has 0 amide bonds. The molecule has 3 N–H and O–H groups in total. The lowest BCUT2D eigenvalue weighted by molar-refractivity contribution is -0.339. The summed E-state index contributed by atoms with van der Waals surface area (Å²) in [6.45, 7) is 0.327. The van der Waals surface area contributed by atoms with Crippen LogP contribution in [0.25, 0.3) is 0 Å². The summed E-state index contributed by atoms with van der Waals surface area (Å²) in [5.41, 5.74) is 6.81. The van der Waals surface area contributed by atoms with Gasteiger partial charge in [0.25, 0.3) is 0 Å². The maximum atomic E-state index is 10.3. The molecule has 2 fully saturated rings. The standard InChI is InChI=1S/C14H19NO5/c1-17-14-10(15)11(16)12-9(19-14)7-18-13(20-12)8-5-3-2-4-6-8/h2-6,9-14,16H,7,15H2,1H3/t9?,10-,11?,12+,13?,14?/m1/s1. The van der Waals surface area contributed by atoms with E-state index in [1.807, 2.05) is 30.3 Å². The summed E-state index contributed by atoms with van der Waals surface area (Å²) < 4.78 is 22.2. The largest absolute Gasteiger partial charge is 0.388 e. The first-order chi connectivity index (χ1) is 9.70. The fraction of sp³-hybridized carbons (Fsp3) is 0.571. The van der Waals surface area contributed by atoms with Gasteiger partial charge in [-0.3, -0.25) is 0 Å². The second kappa shape index (κ2) is 5.77. The number of aliphatic hydroxyl groups excluding tert-OH is 1. The average molecular weight is 281 g/mol. The molecule has 3 rings (SSSR count). The molecule has 2 aliphatic heterocycles. The SMILES string of the molecule is COC1OC2COC(c3ccccc3)O[C@@H]2C(O)[C@H]1N. The van der Waals surface area contributed by atoms with Gasteiger partial charge in [0, 0.05) is 12.7 Å². The van der Waals surface area contributed by atoms with Crippen LogP contribution in [0.2, 0.25) is 0 Å². The summed E-state index contributed by atoms with van der Waals surface area (Å²) >= 11 is 0. The highest BCUT2D eigenvalue weighted by Crippen LogP contribution is 2.33. The molecule has 0 aromatic heterocycles. The van der Waals surface area contributed by atoms with Crippen molar-refractivity contribution in [1.29, 1.82) is 0 Å². The Kier molecular flexibility index (Phi) is 4.02. The molecular weight excluding hydrogens is 262 g/mol. The number of benzene rings is 1. The molecule has 110 valence electrons. The monoisotopic (exact) mass is 281 g/mol. The fourth-order valence-corrected chi connectivity index (χ4v) is 2.60. The Labute approximate surface area is 117 Å². The zero-order valence-electron chi connectivity index (χ0n) is 11.2. The molecule has 0 aliphatic carbocycles. The lowest BCUT2D eigenvalue weighted by Gasteiger charge is -2.46. The van der Waals surface area contributed by atoms with Gasteiger partial charge in [0.2, 0.25) is 0 Å². The van der Waals surface area contributed by atoms with Crippen molar-refractivity contribution in [2.24, 2.45) is 5.73 Å². The van der Waals surface area contributed by atoms with Crippen LogP contribution in [0.15, 0.2) is 30.3 Å². The van der Waals surface area contributed by atoms with Crippen molar-refractivity contribution in [3.8, 4) is 0 Å². The molecule has 1 aromatic carbocycles. The van der Waals surface area contributed by atoms with Gasteiger partial charge in [-0.05, 0) is 0 Å². The number of aliphatic hydroxyl groups is 1. The quantitative estimate of drug-likeness (QED) is 0.803. The van der Waals surface area contributed by atoms with Crippen molar-refractivity contribution >= 4 is 0 Å². The van der Waals surface area contributed by atoms with Crippen LogP contribution in [-0.4, -0.2) is 49.5 Å². The van der Waals surface area contributed by atoms with E-state index in [0.717, 1.165) is 5.56 Å². The number of ether oxygens (including phenoxy) is 4. The lowest BCUT2D eigenvalue weighted by Crippen LogP contribution is -2.64. The van der Waals surface area contributed by atoms with Gasteiger partial charge < -0.3 is 29.8 Å². The molecule has 0 spiro atoms. The van der Waals surface area contributed by atoms with Crippen LogP contribution >= 0.6 is 0 Å². The lowest BCUT2D eigenvalue weighted by atomic mass is 9.96. The van der Waals surface area contributed by atoms with Crippen LogP contribution in [0, 0.1) is 0 Å². The van der Waals surface area contributed by atoms with Crippen molar-refractivity contribution in [2.45, 2.75) is 36.9 Å². The second-order valence-electron chi connectivity index (χ2n) is 5.02. The number of hydrogen-bond donors (Lipinski definition) is 2. The van der Waals surface area contributed by atoms with Gasteiger partial charge in [-0.1, -0.05) is 30.3 Å². The van der Waals surface area contributed by atoms with Gasteiger partial charge >= 0.3 is 0 Å². The minimum absolute atomic E-state index is 0.327. The van der Waals surface area contributed by atoms with E-state index in [1.54, 1.807) is 0 Å². The van der Waals surface area contributed by atoms with Crippen molar-refractivity contribution in [3.05, 3.63) is 35.9 Å². The summed E-state index contributed by atoms with van der Waals surface area (Å²) in [6.07, 6.45) is -2.91. The molecule has 6 atom stereocenters. The topological polar surface area (TPSA) is 83.2 Å². The summed E-state index contributed by atoms with van der Waals surface area (Å²) in [6, 6.07) is 8.93. The van der Waals surface area contributed by atoms with E-state index in [2.05, 4.69) is 0 Å². The molecule has 0 bridgehead atoms. The predicted molar refractivity (Wildman–Crippen MR) is 69.7 cm³/mol. The van der Waals surface area contributed by atoms with Crippen molar-refractivity contribution < 1.29 is 24.1 Å². The molecule has 6 nitrogen and oxygen atoms in total. The third-order valence-corrected chi connectivity index (χ3v) is 3.72. The van der Waals surface area contributed by atoms with Crippen molar-refractivity contribution in [2.75, 3.05) is 13.7 Å². The number of rotatable bonds is 2. The van der Waals surface area contributed by atoms with Crippen LogP contribution in [0.3, 0.4) is 0 Å². The predicted octanol–water partition coefficient (Wildman–Crippen LogP) is 0.160. The molecule has 1 aromatic rings. The molecule has 2 heterocycles. The normalized spacial score (nSPS) is 41.1. The van der Waals surface area contributed by atoms with Gasteiger partial charge in [0.1, 0.15) is 18.3 Å². The number of methoxy groups -OCH3 is 1. The first-order valence-electron chi connectivity index (χ1n) is 6.64. The molecule has 0 radical (unpaired) electrons. The van der Waals surface area contributed by atoms with Crippen LogP contribution in [-0.2, 0) is 18.9 Å². The van der Waals surface area contributed by atoms with Crippen LogP contribution in [0.5, 0.6) is 0 Å². The minimum Gasteiger partial charge on any atom is -0.388 e. The highest BCUT2D eigenvalue weighted by Gasteiger charge is 2.48. The Morgan fingerprint density at radius 1 is 1.25 bits per heavy atom. The third kappa shape index (κ3) is 2.46. The van der Waals surface area contributed by atoms with E-state index in [4.69, 9.17) is 24.7 Å². The molecular formula is C14H19NO5. The highest BCUT2D eigenvalue weighted by atomic mass is 16.7. The summed E-state index contributed by atoms with van der Waals surface area (Å²) in [4.78, 5) is 0. The van der Waals surface area contributed by atoms with Gasteiger partial charge in [0.15, 0.2) is 12.6 Å². The Balaban J connectivity index is 1.74. The Hall–Kier alpha value is -1.02. The molecule has 2 saturated heterocycles. The van der Waals surface area contributed by atoms with Crippen LogP contribution < -0.4 is 5.73 Å². The summed E-state index contributed by atoms with van der Waals surface area (Å²) in [5.74, 6) is 0. The van der Waals surface area contributed by atoms with E-state index in [1.165, 1.54) is 7.11 Å². The van der Waals surface area contributed by atoms with E-state index in [0.29, 0.717) is 6.61 Å². The molecule has 6 heteroatoms. The fourth-order valence-electron chi connectivity index (χ4n) is 2.60. The van der Waals surface area contributed by atoms with Crippen molar-refractivity contribution in [3.63, 3.8) is 0 Å². The van der Waals surface area contributed by atoms with Gasteiger partial charge in [-0.15, -0.1) is 0 Å². The third-order valence-electron chi connectivity index (χ3n) is 3.72. The second-order valence-corrected chi connectivity index (χ2v) is 5.02. The first kappa shape index (κ1) is 13.9. The minimum atomic E-state index is -0.853. The summed E-state index contributed by atoms with van der Waals surface area (Å²) in [7, 11) is 1.49. The van der Waals surface area contributed by atoms with Gasteiger partial charge in [-0.25, -0.2) is 0 Å². The molecule has 20 heavy (non-hydrogen) atoms. The van der Waals surface area contributed by atoms with Crippen LogP contribution in [0.1, 0.15) is 11.9 Å². The maximum Gasteiger partial charge on any atom is 0.184 e. The molecule has 4 unspecified atom stereocenters. The Bertz CT molecular complexity index is 440. The van der Waals surface area contributed by atoms with Crippen molar-refractivity contribution in [1.82, 2.24) is 0 Å². The first-order valence-corrected chi connectivity index (χ1v) is 6.64. The number of hydrogen-bond acceptors (Lipinski definition) is 6. The van der Waals surface area contributed by atoms with E-state index >= 15 is 0 Å². The Morgan fingerprint density at radius 2 is 2.00 bits per heavy atom. The van der Waals surface area contributed by atoms with E-state index in [-0.39, 0.29) is 6.10 Å². The van der Waals surface area contributed by atoms with Crippen LogP contribution in [0.4, 0.5) is 0 Å². The zero-order valence-corrected chi connectivity index (χ0v) is 11.2. The van der Waals surface area contributed by atoms with Gasteiger partial charge in [0.05, 0.1) is 12.6 Å². The smallest absolute Gasteiger partial charge is 0.184 e. The summed E-state index contributed by atoms with van der Waals surface area (Å²) in [5, 5.41) is 10.3. The Morgan fingerprint density at radius 3 is 2.70 bits per heavy atom. The number of fused-ring (bicyclic) bond motifs is 1.